The molecule has 0 radical (unpaired) electrons. The van der Waals surface area contributed by atoms with Gasteiger partial charge in [-0.1, -0.05) is 23.7 Å². The lowest BCUT2D eigenvalue weighted by atomic mass is 10.3. The minimum atomic E-state index is -3.63. The van der Waals surface area contributed by atoms with Crippen molar-refractivity contribution >= 4 is 45.0 Å². The average molecular weight is 417 g/mol. The van der Waals surface area contributed by atoms with Crippen LogP contribution in [0.2, 0.25) is 5.02 Å². The second-order valence-corrected chi connectivity index (χ2v) is 9.20. The zero-order valence-corrected chi connectivity index (χ0v) is 16.6. The fourth-order valence-corrected chi connectivity index (χ4v) is 3.98. The maximum absolute atomic E-state index is 13.5. The predicted octanol–water partition coefficient (Wildman–Crippen LogP) is 3.85. The molecular weight excluding hydrogens is 399 g/mol. The van der Waals surface area contributed by atoms with Gasteiger partial charge in [-0.15, -0.1) is 11.8 Å². The quantitative estimate of drug-likeness (QED) is 0.696. The Bertz CT molecular complexity index is 905. The van der Waals surface area contributed by atoms with Crippen molar-refractivity contribution in [3.8, 4) is 0 Å². The standard InChI is InChI=1S/C17H18ClFN2O3S2/c1-21(2)26(23,24)12-7-8-13(18)15(11-12)20-17(22)9-10-25-16-6-4-3-5-14(16)19/h3-8,11H,9-10H2,1-2H3,(H,20,22). The van der Waals surface area contributed by atoms with Crippen molar-refractivity contribution in [1.82, 2.24) is 4.31 Å². The van der Waals surface area contributed by atoms with E-state index in [0.29, 0.717) is 10.6 Å². The van der Waals surface area contributed by atoms with Gasteiger partial charge in [0.2, 0.25) is 15.9 Å². The van der Waals surface area contributed by atoms with Crippen LogP contribution in [-0.4, -0.2) is 38.5 Å². The smallest absolute Gasteiger partial charge is 0.242 e. The molecule has 0 fully saturated rings. The summed E-state index contributed by atoms with van der Waals surface area (Å²) < 4.78 is 39.0. The third-order valence-electron chi connectivity index (χ3n) is 3.41. The lowest BCUT2D eigenvalue weighted by Gasteiger charge is -2.13. The van der Waals surface area contributed by atoms with Crippen molar-refractivity contribution in [2.45, 2.75) is 16.2 Å². The summed E-state index contributed by atoms with van der Waals surface area (Å²) in [5, 5.41) is 2.84. The van der Waals surface area contributed by atoms with E-state index in [4.69, 9.17) is 11.6 Å². The number of amides is 1. The molecule has 0 heterocycles. The average Bonchev–Trinajstić information content (AvgIpc) is 2.58. The van der Waals surface area contributed by atoms with E-state index in [0.717, 1.165) is 4.31 Å². The van der Waals surface area contributed by atoms with E-state index in [1.807, 2.05) is 0 Å². The van der Waals surface area contributed by atoms with Crippen molar-refractivity contribution in [2.75, 3.05) is 25.2 Å². The van der Waals surface area contributed by atoms with E-state index >= 15 is 0 Å². The summed E-state index contributed by atoms with van der Waals surface area (Å²) in [5.41, 5.74) is 0.218. The molecule has 0 aromatic heterocycles. The monoisotopic (exact) mass is 416 g/mol. The SMILES string of the molecule is CN(C)S(=O)(=O)c1ccc(Cl)c(NC(=O)CCSc2ccccc2F)c1. The van der Waals surface area contributed by atoms with Crippen molar-refractivity contribution in [3.05, 3.63) is 53.3 Å². The molecule has 0 aliphatic rings. The summed E-state index contributed by atoms with van der Waals surface area (Å²) in [4.78, 5) is 12.6. The Morgan fingerprint density at radius 2 is 1.92 bits per heavy atom. The minimum Gasteiger partial charge on any atom is -0.325 e. The Hall–Kier alpha value is -1.61. The van der Waals surface area contributed by atoms with Crippen LogP contribution in [0.25, 0.3) is 0 Å². The number of halogens is 2. The van der Waals surface area contributed by atoms with Gasteiger partial charge in [-0.05, 0) is 30.3 Å². The first-order valence-electron chi connectivity index (χ1n) is 7.61. The molecule has 2 rings (SSSR count). The zero-order valence-electron chi connectivity index (χ0n) is 14.2. The molecule has 140 valence electrons. The number of nitrogens with zero attached hydrogens (tertiary/aromatic N) is 1. The first-order chi connectivity index (χ1) is 12.2. The van der Waals surface area contributed by atoms with E-state index in [-0.39, 0.29) is 33.8 Å². The molecule has 0 aliphatic carbocycles. The first-order valence-corrected chi connectivity index (χ1v) is 10.4. The van der Waals surface area contributed by atoms with Crippen LogP contribution in [0.15, 0.2) is 52.3 Å². The van der Waals surface area contributed by atoms with E-state index in [1.165, 1.54) is 50.1 Å². The number of carbonyl (C=O) groups excluding carboxylic acids is 1. The maximum atomic E-state index is 13.5. The number of nitrogens with one attached hydrogen (secondary N) is 1. The third kappa shape index (κ3) is 5.20. The van der Waals surface area contributed by atoms with Gasteiger partial charge in [-0.3, -0.25) is 4.79 Å². The number of carbonyl (C=O) groups is 1. The highest BCUT2D eigenvalue weighted by atomic mass is 35.5. The molecule has 1 N–H and O–H groups in total. The lowest BCUT2D eigenvalue weighted by Crippen LogP contribution is -2.22. The molecule has 0 saturated carbocycles. The van der Waals surface area contributed by atoms with Crippen molar-refractivity contribution in [3.63, 3.8) is 0 Å². The van der Waals surface area contributed by atoms with E-state index < -0.39 is 10.0 Å². The Kier molecular flexibility index (Phi) is 7.05. The van der Waals surface area contributed by atoms with Crippen LogP contribution in [0.1, 0.15) is 6.42 Å². The van der Waals surface area contributed by atoms with Gasteiger partial charge in [0.15, 0.2) is 0 Å². The maximum Gasteiger partial charge on any atom is 0.242 e. The third-order valence-corrected chi connectivity index (χ3v) is 6.60. The summed E-state index contributed by atoms with van der Waals surface area (Å²) in [5.74, 6) is -0.294. The fourth-order valence-electron chi connectivity index (χ4n) is 2.00. The zero-order chi connectivity index (χ0) is 19.3. The van der Waals surface area contributed by atoms with Crippen molar-refractivity contribution in [2.24, 2.45) is 0 Å². The van der Waals surface area contributed by atoms with Crippen LogP contribution in [0, 0.1) is 5.82 Å². The Labute approximate surface area is 161 Å². The summed E-state index contributed by atoms with van der Waals surface area (Å²) in [7, 11) is -0.795. The molecule has 1 amide bonds. The highest BCUT2D eigenvalue weighted by molar-refractivity contribution is 7.99. The van der Waals surface area contributed by atoms with Crippen LogP contribution in [0.3, 0.4) is 0 Å². The normalized spacial score (nSPS) is 11.6. The number of benzene rings is 2. The molecule has 0 unspecified atom stereocenters. The molecular formula is C17H18ClFN2O3S2. The molecule has 0 bridgehead atoms. The molecule has 0 aliphatic heterocycles. The number of anilines is 1. The molecule has 5 nitrogen and oxygen atoms in total. The second kappa shape index (κ2) is 8.85. The summed E-state index contributed by atoms with van der Waals surface area (Å²) in [6, 6.07) is 10.4. The highest BCUT2D eigenvalue weighted by Gasteiger charge is 2.19. The molecule has 2 aromatic rings. The fraction of sp³-hybridized carbons (Fsp3) is 0.235. The van der Waals surface area contributed by atoms with Gasteiger partial charge in [0, 0.05) is 31.2 Å². The van der Waals surface area contributed by atoms with Crippen LogP contribution < -0.4 is 5.32 Å². The topological polar surface area (TPSA) is 66.5 Å². The number of hydrogen-bond acceptors (Lipinski definition) is 4. The molecule has 26 heavy (non-hydrogen) atoms. The summed E-state index contributed by atoms with van der Waals surface area (Å²) in [6.07, 6.45) is 0.125. The highest BCUT2D eigenvalue weighted by Crippen LogP contribution is 2.27. The van der Waals surface area contributed by atoms with Gasteiger partial charge in [0.1, 0.15) is 5.82 Å². The number of thioether (sulfide) groups is 1. The number of sulfonamides is 1. The Morgan fingerprint density at radius 1 is 1.23 bits per heavy atom. The van der Waals surface area contributed by atoms with Gasteiger partial charge in [-0.25, -0.2) is 17.1 Å². The summed E-state index contributed by atoms with van der Waals surface area (Å²) >= 11 is 7.27. The molecule has 2 aromatic carbocycles. The van der Waals surface area contributed by atoms with Crippen LogP contribution in [0.5, 0.6) is 0 Å². The molecule has 9 heteroatoms. The Balaban J connectivity index is 2.01. The number of hydrogen-bond donors (Lipinski definition) is 1. The van der Waals surface area contributed by atoms with Crippen LogP contribution >= 0.6 is 23.4 Å². The van der Waals surface area contributed by atoms with Crippen LogP contribution in [0.4, 0.5) is 10.1 Å². The molecule has 0 atom stereocenters. The van der Waals surface area contributed by atoms with E-state index in [2.05, 4.69) is 5.32 Å². The van der Waals surface area contributed by atoms with E-state index in [1.54, 1.807) is 18.2 Å². The summed E-state index contributed by atoms with van der Waals surface area (Å²) in [6.45, 7) is 0. The molecule has 0 saturated heterocycles. The largest absolute Gasteiger partial charge is 0.325 e. The van der Waals surface area contributed by atoms with Gasteiger partial charge >= 0.3 is 0 Å². The first kappa shape index (κ1) is 20.7. The second-order valence-electron chi connectivity index (χ2n) is 5.51. The van der Waals surface area contributed by atoms with Crippen LogP contribution in [-0.2, 0) is 14.8 Å². The minimum absolute atomic E-state index is 0.0305. The van der Waals surface area contributed by atoms with Gasteiger partial charge < -0.3 is 5.32 Å². The number of rotatable bonds is 7. The lowest BCUT2D eigenvalue weighted by molar-refractivity contribution is -0.115. The van der Waals surface area contributed by atoms with E-state index in [9.17, 15) is 17.6 Å². The van der Waals surface area contributed by atoms with Crippen molar-refractivity contribution < 1.29 is 17.6 Å². The predicted molar refractivity (Wildman–Crippen MR) is 103 cm³/mol. The molecule has 0 spiro atoms. The van der Waals surface area contributed by atoms with Gasteiger partial charge in [-0.2, -0.15) is 0 Å². The van der Waals surface area contributed by atoms with Gasteiger partial charge in [0.25, 0.3) is 0 Å². The Morgan fingerprint density at radius 3 is 2.58 bits per heavy atom. The van der Waals surface area contributed by atoms with Gasteiger partial charge in [0.05, 0.1) is 15.6 Å². The van der Waals surface area contributed by atoms with Crippen molar-refractivity contribution in [1.29, 1.82) is 0 Å².